The average molecular weight is 259 g/mol. The predicted molar refractivity (Wildman–Crippen MR) is 73.3 cm³/mol. The molecule has 0 unspecified atom stereocenters. The zero-order valence-electron chi connectivity index (χ0n) is 10.9. The first kappa shape index (κ1) is 12.4. The van der Waals surface area contributed by atoms with E-state index in [-0.39, 0.29) is 5.82 Å². The number of aryl methyl sites for hydroxylation is 1. The number of fused-ring (bicyclic) bond motifs is 1. The second-order valence-electron chi connectivity index (χ2n) is 5.00. The van der Waals surface area contributed by atoms with Gasteiger partial charge in [0.15, 0.2) is 0 Å². The summed E-state index contributed by atoms with van der Waals surface area (Å²) in [7, 11) is 0. The highest BCUT2D eigenvalue weighted by molar-refractivity contribution is 5.69. The molecule has 0 bridgehead atoms. The Morgan fingerprint density at radius 2 is 2.21 bits per heavy atom. The van der Waals surface area contributed by atoms with E-state index >= 15 is 0 Å². The summed E-state index contributed by atoms with van der Waals surface area (Å²) < 4.78 is 15.5. The van der Waals surface area contributed by atoms with Crippen molar-refractivity contribution in [2.45, 2.75) is 32.2 Å². The first-order valence-corrected chi connectivity index (χ1v) is 6.84. The van der Waals surface area contributed by atoms with Crippen molar-refractivity contribution in [1.29, 1.82) is 0 Å². The SMILES string of the molecule is NCCc1nn2c(c1-c1cccc(F)c1)CCCC2. The molecule has 4 heteroatoms. The fraction of sp³-hybridized carbons (Fsp3) is 0.400. The minimum atomic E-state index is -0.202. The maximum absolute atomic E-state index is 13.5. The van der Waals surface area contributed by atoms with Crippen LogP contribution in [-0.4, -0.2) is 16.3 Å². The van der Waals surface area contributed by atoms with Gasteiger partial charge in [-0.15, -0.1) is 0 Å². The summed E-state index contributed by atoms with van der Waals surface area (Å²) in [6.45, 7) is 1.53. The number of halogens is 1. The van der Waals surface area contributed by atoms with E-state index in [1.165, 1.54) is 24.6 Å². The van der Waals surface area contributed by atoms with Crippen molar-refractivity contribution >= 4 is 0 Å². The van der Waals surface area contributed by atoms with Gasteiger partial charge in [-0.25, -0.2) is 4.39 Å². The largest absolute Gasteiger partial charge is 0.330 e. The van der Waals surface area contributed by atoms with Gasteiger partial charge < -0.3 is 5.73 Å². The third kappa shape index (κ3) is 2.28. The quantitative estimate of drug-likeness (QED) is 0.920. The molecule has 0 spiro atoms. The van der Waals surface area contributed by atoms with Gasteiger partial charge in [-0.1, -0.05) is 12.1 Å². The Morgan fingerprint density at radius 1 is 1.32 bits per heavy atom. The molecular weight excluding hydrogens is 241 g/mol. The van der Waals surface area contributed by atoms with Gasteiger partial charge in [-0.3, -0.25) is 4.68 Å². The summed E-state index contributed by atoms with van der Waals surface area (Å²) in [5, 5.41) is 4.66. The van der Waals surface area contributed by atoms with Crippen LogP contribution in [0.25, 0.3) is 11.1 Å². The molecule has 0 saturated carbocycles. The summed E-state index contributed by atoms with van der Waals surface area (Å²) >= 11 is 0. The Balaban J connectivity index is 2.14. The van der Waals surface area contributed by atoms with Crippen molar-refractivity contribution < 1.29 is 4.39 Å². The van der Waals surface area contributed by atoms with Gasteiger partial charge >= 0.3 is 0 Å². The lowest BCUT2D eigenvalue weighted by Gasteiger charge is -2.14. The van der Waals surface area contributed by atoms with Crippen LogP contribution < -0.4 is 5.73 Å². The van der Waals surface area contributed by atoms with E-state index in [2.05, 4.69) is 9.78 Å². The normalized spacial score (nSPS) is 14.4. The summed E-state index contributed by atoms with van der Waals surface area (Å²) in [4.78, 5) is 0. The molecule has 0 aliphatic carbocycles. The van der Waals surface area contributed by atoms with Gasteiger partial charge in [0.1, 0.15) is 5.82 Å². The molecule has 3 nitrogen and oxygen atoms in total. The number of aromatic nitrogens is 2. The number of nitrogens with two attached hydrogens (primary N) is 1. The van der Waals surface area contributed by atoms with E-state index in [1.54, 1.807) is 12.1 Å². The van der Waals surface area contributed by atoms with Gasteiger partial charge in [0, 0.05) is 24.2 Å². The molecule has 100 valence electrons. The van der Waals surface area contributed by atoms with Crippen molar-refractivity contribution in [1.82, 2.24) is 9.78 Å². The van der Waals surface area contributed by atoms with E-state index in [9.17, 15) is 4.39 Å². The van der Waals surface area contributed by atoms with Crippen LogP contribution in [-0.2, 0) is 19.4 Å². The smallest absolute Gasteiger partial charge is 0.123 e. The van der Waals surface area contributed by atoms with Crippen LogP contribution in [0.2, 0.25) is 0 Å². The van der Waals surface area contributed by atoms with Crippen LogP contribution in [0.15, 0.2) is 24.3 Å². The van der Waals surface area contributed by atoms with Crippen LogP contribution >= 0.6 is 0 Å². The van der Waals surface area contributed by atoms with Crippen molar-refractivity contribution in [2.75, 3.05) is 6.54 Å². The lowest BCUT2D eigenvalue weighted by atomic mass is 9.97. The fourth-order valence-corrected chi connectivity index (χ4v) is 2.83. The lowest BCUT2D eigenvalue weighted by molar-refractivity contribution is 0.484. The fourth-order valence-electron chi connectivity index (χ4n) is 2.83. The predicted octanol–water partition coefficient (Wildman–Crippen LogP) is 2.53. The molecule has 2 N–H and O–H groups in total. The van der Waals surface area contributed by atoms with Crippen molar-refractivity contribution in [3.8, 4) is 11.1 Å². The Labute approximate surface area is 112 Å². The van der Waals surface area contributed by atoms with Crippen molar-refractivity contribution in [3.05, 3.63) is 41.5 Å². The summed E-state index contributed by atoms with van der Waals surface area (Å²) in [5.74, 6) is -0.202. The third-order valence-electron chi connectivity index (χ3n) is 3.66. The molecule has 1 aliphatic heterocycles. The van der Waals surface area contributed by atoms with E-state index in [0.717, 1.165) is 36.2 Å². The molecule has 1 aromatic heterocycles. The Kier molecular flexibility index (Phi) is 3.34. The second-order valence-corrected chi connectivity index (χ2v) is 5.00. The maximum Gasteiger partial charge on any atom is 0.123 e. The number of hydrogen-bond donors (Lipinski definition) is 1. The summed E-state index contributed by atoms with van der Waals surface area (Å²) in [6.07, 6.45) is 4.10. The van der Waals surface area contributed by atoms with Gasteiger partial charge in [-0.05, 0) is 43.5 Å². The topological polar surface area (TPSA) is 43.8 Å². The first-order valence-electron chi connectivity index (χ1n) is 6.84. The van der Waals surface area contributed by atoms with Crippen LogP contribution in [0.4, 0.5) is 4.39 Å². The first-order chi connectivity index (χ1) is 9.29. The van der Waals surface area contributed by atoms with E-state index < -0.39 is 0 Å². The number of hydrogen-bond acceptors (Lipinski definition) is 2. The van der Waals surface area contributed by atoms with Crippen LogP contribution in [0.3, 0.4) is 0 Å². The highest BCUT2D eigenvalue weighted by Crippen LogP contribution is 2.31. The number of rotatable bonds is 3. The molecule has 0 atom stereocenters. The van der Waals surface area contributed by atoms with Gasteiger partial charge in [0.05, 0.1) is 5.69 Å². The molecule has 1 aliphatic rings. The molecule has 3 rings (SSSR count). The van der Waals surface area contributed by atoms with E-state index in [4.69, 9.17) is 5.73 Å². The minimum absolute atomic E-state index is 0.202. The van der Waals surface area contributed by atoms with E-state index in [1.807, 2.05) is 6.07 Å². The standard InChI is InChI=1S/C15H18FN3/c16-12-5-3-4-11(10-12)15-13(7-8-17)18-19-9-2-1-6-14(15)19/h3-5,10H,1-2,6-9,17H2. The van der Waals surface area contributed by atoms with Gasteiger partial charge in [-0.2, -0.15) is 5.10 Å². The maximum atomic E-state index is 13.5. The minimum Gasteiger partial charge on any atom is -0.330 e. The number of nitrogens with zero attached hydrogens (tertiary/aromatic N) is 2. The molecule has 1 aromatic carbocycles. The highest BCUT2D eigenvalue weighted by Gasteiger charge is 2.21. The van der Waals surface area contributed by atoms with Crippen LogP contribution in [0, 0.1) is 5.82 Å². The molecule has 19 heavy (non-hydrogen) atoms. The molecule has 0 fully saturated rings. The Hall–Kier alpha value is -1.68. The highest BCUT2D eigenvalue weighted by atomic mass is 19.1. The van der Waals surface area contributed by atoms with Gasteiger partial charge in [0.2, 0.25) is 0 Å². The summed E-state index contributed by atoms with van der Waals surface area (Å²) in [5.41, 5.74) is 9.94. The third-order valence-corrected chi connectivity index (χ3v) is 3.66. The molecule has 2 aromatic rings. The van der Waals surface area contributed by atoms with Crippen molar-refractivity contribution in [3.63, 3.8) is 0 Å². The average Bonchev–Trinajstić information content (AvgIpc) is 2.77. The van der Waals surface area contributed by atoms with E-state index in [0.29, 0.717) is 6.54 Å². The molecule has 0 radical (unpaired) electrons. The Bertz CT molecular complexity index is 589. The van der Waals surface area contributed by atoms with Crippen molar-refractivity contribution in [2.24, 2.45) is 5.73 Å². The summed E-state index contributed by atoms with van der Waals surface area (Å²) in [6, 6.07) is 6.77. The van der Waals surface area contributed by atoms with Crippen LogP contribution in [0.1, 0.15) is 24.2 Å². The molecular formula is C15H18FN3. The zero-order chi connectivity index (χ0) is 13.2. The second kappa shape index (κ2) is 5.13. The number of benzene rings is 1. The lowest BCUT2D eigenvalue weighted by Crippen LogP contribution is -2.11. The van der Waals surface area contributed by atoms with Gasteiger partial charge in [0.25, 0.3) is 0 Å². The zero-order valence-corrected chi connectivity index (χ0v) is 10.9. The molecule has 2 heterocycles. The van der Waals surface area contributed by atoms with Crippen LogP contribution in [0.5, 0.6) is 0 Å². The molecule has 0 saturated heterocycles. The monoisotopic (exact) mass is 259 g/mol. The molecule has 0 amide bonds. The Morgan fingerprint density at radius 3 is 3.00 bits per heavy atom.